The molecule has 2 N–H and O–H groups in total. The number of ether oxygens (including phenoxy) is 1. The molecule has 1 atom stereocenters. The number of rotatable bonds is 3. The average molecular weight is 239 g/mol. The minimum absolute atomic E-state index is 0.0582. The van der Waals surface area contributed by atoms with Gasteiger partial charge in [-0.25, -0.2) is 0 Å². The molecule has 1 fully saturated rings. The van der Waals surface area contributed by atoms with Crippen molar-refractivity contribution in [2.75, 3.05) is 13.2 Å². The van der Waals surface area contributed by atoms with Crippen LogP contribution < -0.4 is 5.73 Å². The standard InChI is InChI=1S/C9H13N5OS/c10-4-3-7-13-14-8(6-2-1-5-15-6)11-12-9(14)16-7/h6H,1-5,10H2. The summed E-state index contributed by atoms with van der Waals surface area (Å²) >= 11 is 1.54. The molecule has 0 spiro atoms. The Bertz CT molecular complexity index is 487. The Balaban J connectivity index is 1.97. The van der Waals surface area contributed by atoms with Gasteiger partial charge in [-0.15, -0.1) is 10.2 Å². The Labute approximate surface area is 96.4 Å². The molecule has 1 aliphatic heterocycles. The maximum Gasteiger partial charge on any atom is 0.234 e. The lowest BCUT2D eigenvalue weighted by atomic mass is 10.2. The SMILES string of the molecule is NCCc1nn2c(C3CCCO3)nnc2s1. The normalized spacial score (nSPS) is 20.9. The molecule has 3 heterocycles. The quantitative estimate of drug-likeness (QED) is 0.845. The van der Waals surface area contributed by atoms with Crippen molar-refractivity contribution in [2.45, 2.75) is 25.4 Å². The largest absolute Gasteiger partial charge is 0.370 e. The van der Waals surface area contributed by atoms with E-state index in [0.717, 1.165) is 41.7 Å². The molecule has 0 bridgehead atoms. The van der Waals surface area contributed by atoms with Gasteiger partial charge in [-0.3, -0.25) is 0 Å². The predicted molar refractivity (Wildman–Crippen MR) is 59.3 cm³/mol. The molecule has 1 unspecified atom stereocenters. The molecule has 7 heteroatoms. The number of nitrogens with two attached hydrogens (primary N) is 1. The van der Waals surface area contributed by atoms with Crippen LogP contribution in [0.5, 0.6) is 0 Å². The van der Waals surface area contributed by atoms with E-state index >= 15 is 0 Å². The van der Waals surface area contributed by atoms with Gasteiger partial charge in [-0.2, -0.15) is 9.61 Å². The average Bonchev–Trinajstić information content (AvgIpc) is 2.90. The monoisotopic (exact) mass is 239 g/mol. The van der Waals surface area contributed by atoms with Gasteiger partial charge in [0.05, 0.1) is 0 Å². The maximum absolute atomic E-state index is 5.59. The molecule has 1 aliphatic rings. The molecular formula is C9H13N5OS. The summed E-state index contributed by atoms with van der Waals surface area (Å²) in [4.78, 5) is 0.828. The second kappa shape index (κ2) is 4.08. The van der Waals surface area contributed by atoms with Crippen LogP contribution in [0.1, 0.15) is 29.8 Å². The van der Waals surface area contributed by atoms with Crippen molar-refractivity contribution < 1.29 is 4.74 Å². The number of hydrogen-bond donors (Lipinski definition) is 1. The van der Waals surface area contributed by atoms with Crippen LogP contribution in [0.3, 0.4) is 0 Å². The zero-order chi connectivity index (χ0) is 11.0. The zero-order valence-electron chi connectivity index (χ0n) is 8.80. The number of nitrogens with zero attached hydrogens (tertiary/aromatic N) is 4. The first-order valence-corrected chi connectivity index (χ1v) is 6.23. The van der Waals surface area contributed by atoms with E-state index in [0.29, 0.717) is 6.54 Å². The third-order valence-corrected chi connectivity index (χ3v) is 3.59. The molecule has 0 aromatic carbocycles. The molecule has 0 amide bonds. The summed E-state index contributed by atoms with van der Waals surface area (Å²) in [7, 11) is 0. The Kier molecular flexibility index (Phi) is 2.58. The van der Waals surface area contributed by atoms with Gasteiger partial charge in [0, 0.05) is 13.0 Å². The van der Waals surface area contributed by atoms with Gasteiger partial charge < -0.3 is 10.5 Å². The van der Waals surface area contributed by atoms with E-state index in [9.17, 15) is 0 Å². The molecular weight excluding hydrogens is 226 g/mol. The van der Waals surface area contributed by atoms with Crippen molar-refractivity contribution in [3.63, 3.8) is 0 Å². The highest BCUT2D eigenvalue weighted by atomic mass is 32.1. The van der Waals surface area contributed by atoms with Crippen LogP contribution in [0.25, 0.3) is 4.96 Å². The Hall–Kier alpha value is -1.05. The number of hydrogen-bond acceptors (Lipinski definition) is 6. The van der Waals surface area contributed by atoms with Crippen LogP contribution in [0.2, 0.25) is 0 Å². The van der Waals surface area contributed by atoms with Gasteiger partial charge in [0.25, 0.3) is 0 Å². The first-order valence-electron chi connectivity index (χ1n) is 5.41. The van der Waals surface area contributed by atoms with E-state index in [-0.39, 0.29) is 6.10 Å². The summed E-state index contributed by atoms with van der Waals surface area (Å²) in [6.45, 7) is 1.42. The first kappa shape index (κ1) is 10.1. The van der Waals surface area contributed by atoms with Gasteiger partial charge in [-0.1, -0.05) is 11.3 Å². The van der Waals surface area contributed by atoms with E-state index in [1.165, 1.54) is 0 Å². The molecule has 6 nitrogen and oxygen atoms in total. The summed E-state index contributed by atoms with van der Waals surface area (Å²) in [5, 5.41) is 13.7. The highest BCUT2D eigenvalue weighted by Crippen LogP contribution is 2.28. The van der Waals surface area contributed by atoms with Gasteiger partial charge in [0.1, 0.15) is 11.1 Å². The zero-order valence-corrected chi connectivity index (χ0v) is 9.61. The molecule has 1 saturated heterocycles. The highest BCUT2D eigenvalue weighted by molar-refractivity contribution is 7.16. The molecule has 0 aliphatic carbocycles. The Morgan fingerprint density at radius 2 is 2.44 bits per heavy atom. The predicted octanol–water partition coefficient (Wildman–Crippen LogP) is 0.538. The number of aromatic nitrogens is 4. The molecule has 86 valence electrons. The highest BCUT2D eigenvalue weighted by Gasteiger charge is 2.24. The van der Waals surface area contributed by atoms with Crippen LogP contribution in [0.15, 0.2) is 0 Å². The van der Waals surface area contributed by atoms with Crippen LogP contribution >= 0.6 is 11.3 Å². The van der Waals surface area contributed by atoms with E-state index in [1.54, 1.807) is 15.9 Å². The minimum Gasteiger partial charge on any atom is -0.370 e. The molecule has 16 heavy (non-hydrogen) atoms. The van der Waals surface area contributed by atoms with E-state index < -0.39 is 0 Å². The topological polar surface area (TPSA) is 78.3 Å². The molecule has 2 aromatic rings. The van der Waals surface area contributed by atoms with Crippen LogP contribution in [0.4, 0.5) is 0 Å². The smallest absolute Gasteiger partial charge is 0.234 e. The molecule has 3 rings (SSSR count). The maximum atomic E-state index is 5.59. The third-order valence-electron chi connectivity index (χ3n) is 2.63. The Morgan fingerprint density at radius 1 is 1.50 bits per heavy atom. The number of fused-ring (bicyclic) bond motifs is 1. The van der Waals surface area contributed by atoms with Crippen molar-refractivity contribution in [2.24, 2.45) is 5.73 Å². The fourth-order valence-corrected chi connectivity index (χ4v) is 2.73. The van der Waals surface area contributed by atoms with Crippen LogP contribution in [0, 0.1) is 0 Å². The van der Waals surface area contributed by atoms with Crippen molar-refractivity contribution in [1.82, 2.24) is 19.8 Å². The second-order valence-corrected chi connectivity index (χ2v) is 4.83. The minimum atomic E-state index is 0.0582. The lowest BCUT2D eigenvalue weighted by molar-refractivity contribution is 0.103. The molecule has 0 radical (unpaired) electrons. The lowest BCUT2D eigenvalue weighted by Gasteiger charge is -2.03. The fraction of sp³-hybridized carbons (Fsp3) is 0.667. The van der Waals surface area contributed by atoms with E-state index in [4.69, 9.17) is 10.5 Å². The summed E-state index contributed by atoms with van der Waals surface area (Å²) in [6.07, 6.45) is 2.94. The summed E-state index contributed by atoms with van der Waals surface area (Å²) in [6, 6.07) is 0. The van der Waals surface area contributed by atoms with Crippen molar-refractivity contribution in [3.05, 3.63) is 10.8 Å². The van der Waals surface area contributed by atoms with Crippen LogP contribution in [-0.2, 0) is 11.2 Å². The molecule has 2 aromatic heterocycles. The van der Waals surface area contributed by atoms with Crippen molar-refractivity contribution in [1.29, 1.82) is 0 Å². The van der Waals surface area contributed by atoms with Crippen molar-refractivity contribution in [3.8, 4) is 0 Å². The first-order chi connectivity index (χ1) is 7.88. The third kappa shape index (κ3) is 1.60. The van der Waals surface area contributed by atoms with Crippen molar-refractivity contribution >= 4 is 16.3 Å². The van der Waals surface area contributed by atoms with Gasteiger partial charge in [0.15, 0.2) is 5.82 Å². The summed E-state index contributed by atoms with van der Waals surface area (Å²) in [5.41, 5.74) is 5.51. The van der Waals surface area contributed by atoms with E-state index in [1.807, 2.05) is 0 Å². The molecule has 0 saturated carbocycles. The fourth-order valence-electron chi connectivity index (χ4n) is 1.88. The summed E-state index contributed by atoms with van der Waals surface area (Å²) in [5.74, 6) is 0.826. The van der Waals surface area contributed by atoms with Gasteiger partial charge in [0.2, 0.25) is 4.96 Å². The van der Waals surface area contributed by atoms with Crippen LogP contribution in [-0.4, -0.2) is 33.0 Å². The van der Waals surface area contributed by atoms with E-state index in [2.05, 4.69) is 15.3 Å². The van der Waals surface area contributed by atoms with Gasteiger partial charge >= 0.3 is 0 Å². The summed E-state index contributed by atoms with van der Waals surface area (Å²) < 4.78 is 7.39. The Morgan fingerprint density at radius 3 is 3.19 bits per heavy atom. The van der Waals surface area contributed by atoms with Gasteiger partial charge in [-0.05, 0) is 19.4 Å². The lowest BCUT2D eigenvalue weighted by Crippen LogP contribution is -2.06. The second-order valence-electron chi connectivity index (χ2n) is 3.79.